The number of carbonyl (C=O) groups excluding carboxylic acids is 1. The third kappa shape index (κ3) is 39.2. The van der Waals surface area contributed by atoms with Crippen molar-refractivity contribution in [3.63, 3.8) is 0 Å². The molecule has 0 aliphatic heterocycles. The number of carbonyl (C=O) groups is 1. The van der Waals surface area contributed by atoms with Gasteiger partial charge in [-0.05, 0) is 64.2 Å². The Balaban J connectivity index is 2.31. The zero-order valence-corrected chi connectivity index (χ0v) is 46.1. The molecule has 1 saturated carbocycles. The van der Waals surface area contributed by atoms with E-state index in [1.165, 1.54) is 135 Å². The van der Waals surface area contributed by atoms with Gasteiger partial charge in [-0.3, -0.25) is 13.8 Å². The second-order valence-corrected chi connectivity index (χ2v) is 21.2. The average molecular weight is 1040 g/mol. The predicted octanol–water partition coefficient (Wildman–Crippen LogP) is 13.9. The minimum absolute atomic E-state index is 0.0953. The van der Waals surface area contributed by atoms with E-state index < -0.39 is 63.1 Å². The fraction of sp³-hybridized carbons (Fsp3) is 0.780. The molecule has 0 aromatic heterocycles. The predicted molar refractivity (Wildman–Crippen MR) is 295 cm³/mol. The molecule has 418 valence electrons. The van der Waals surface area contributed by atoms with Crippen molar-refractivity contribution in [3.8, 4) is 0 Å². The lowest BCUT2D eigenvalue weighted by atomic mass is 9.85. The first-order valence-corrected chi connectivity index (χ1v) is 30.3. The molecular weight excluding hydrogens is 932 g/mol. The summed E-state index contributed by atoms with van der Waals surface area (Å²) in [4.78, 5) is 23.3. The molecule has 13 heteroatoms. The third-order valence-corrected chi connectivity index (χ3v) is 14.1. The van der Waals surface area contributed by atoms with Gasteiger partial charge in [0.15, 0.2) is 0 Å². The molecule has 12 nitrogen and oxygen atoms in total. The average Bonchev–Trinajstić information content (AvgIpc) is 3.37. The van der Waals surface area contributed by atoms with Crippen LogP contribution in [0, 0.1) is 0 Å². The van der Waals surface area contributed by atoms with E-state index in [1.807, 2.05) is 0 Å². The van der Waals surface area contributed by atoms with E-state index in [4.69, 9.17) is 18.5 Å². The fourth-order valence-electron chi connectivity index (χ4n) is 8.60. The van der Waals surface area contributed by atoms with E-state index in [0.29, 0.717) is 13.0 Å². The minimum atomic E-state index is -5.04. The van der Waals surface area contributed by atoms with Crippen LogP contribution < -0.4 is 0 Å². The van der Waals surface area contributed by atoms with Crippen LogP contribution in [0.15, 0.2) is 72.9 Å². The number of allylic oxidation sites excluding steroid dienone is 12. The topological polar surface area (TPSA) is 192 Å². The molecule has 1 fully saturated rings. The first kappa shape index (κ1) is 67.8. The summed E-state index contributed by atoms with van der Waals surface area (Å²) < 4.78 is 34.4. The monoisotopic (exact) mass is 1040 g/mol. The number of esters is 1. The van der Waals surface area contributed by atoms with Gasteiger partial charge in [0.05, 0.1) is 13.2 Å². The molecule has 1 rings (SSSR count). The molecule has 0 spiro atoms. The summed E-state index contributed by atoms with van der Waals surface area (Å²) in [5.41, 5.74) is 0. The molecule has 0 amide bonds. The molecule has 0 saturated heterocycles. The second-order valence-electron chi connectivity index (χ2n) is 19.8. The largest absolute Gasteiger partial charge is 0.472 e. The molecule has 1 aliphatic carbocycles. The number of phosphoric acid groups is 1. The van der Waals surface area contributed by atoms with Gasteiger partial charge in [-0.2, -0.15) is 0 Å². The van der Waals surface area contributed by atoms with Gasteiger partial charge in [0, 0.05) is 13.0 Å². The lowest BCUT2D eigenvalue weighted by molar-refractivity contribution is -0.220. The Morgan fingerprint density at radius 1 is 0.458 bits per heavy atom. The number of unbranched alkanes of at least 4 members (excludes halogenated alkanes) is 25. The third-order valence-electron chi connectivity index (χ3n) is 13.1. The molecule has 0 heterocycles. The first-order valence-electron chi connectivity index (χ1n) is 28.8. The van der Waals surface area contributed by atoms with Crippen molar-refractivity contribution >= 4 is 13.8 Å². The molecular formula is C59H105O12P. The normalized spacial score (nSPS) is 21.2. The number of rotatable bonds is 49. The van der Waals surface area contributed by atoms with Gasteiger partial charge >= 0.3 is 13.8 Å². The number of ether oxygens (including phenoxy) is 2. The highest BCUT2D eigenvalue weighted by atomic mass is 31.2. The molecule has 72 heavy (non-hydrogen) atoms. The van der Waals surface area contributed by atoms with Crippen LogP contribution in [0.3, 0.4) is 0 Å². The number of aliphatic hydroxyl groups is 5. The van der Waals surface area contributed by atoms with E-state index in [2.05, 4.69) is 86.8 Å². The maximum Gasteiger partial charge on any atom is 0.472 e. The van der Waals surface area contributed by atoms with Crippen LogP contribution in [0.25, 0.3) is 0 Å². The second kappa shape index (κ2) is 48.4. The van der Waals surface area contributed by atoms with Crippen LogP contribution >= 0.6 is 7.82 Å². The number of hydrogen-bond donors (Lipinski definition) is 6. The highest BCUT2D eigenvalue weighted by Gasteiger charge is 2.51. The van der Waals surface area contributed by atoms with Crippen LogP contribution in [-0.4, -0.2) is 98.9 Å². The summed E-state index contributed by atoms with van der Waals surface area (Å²) in [5.74, 6) is -0.517. The van der Waals surface area contributed by atoms with Crippen LogP contribution in [0.1, 0.15) is 232 Å². The molecule has 1 aliphatic rings. The van der Waals surface area contributed by atoms with Gasteiger partial charge in [-0.15, -0.1) is 0 Å². The number of phosphoric ester groups is 1. The molecule has 0 radical (unpaired) electrons. The van der Waals surface area contributed by atoms with E-state index in [1.54, 1.807) is 0 Å². The standard InChI is InChI=1S/C59H105O12P/c1-3-5-7-9-11-13-15-17-19-21-23-25-26-27-29-31-33-35-37-39-41-43-45-47-49-68-50-52(51-69-72(66,67)71-59-57(64)55(62)54(61)56(63)58(59)65)70-53(60)48-46-44-42-40-38-36-34-32-30-28-24-22-20-18-16-14-12-10-8-6-4-2/h6,8,12,14,18,20,24,28,32,34,38,40,52,54-59,61-65H,3-5,7,9-11,13,15-17,19,21-23,25-27,29-31,33,35-37,39,41-51H2,1-2H3,(H,66,67)/b8-6-,14-12-,20-18-,28-24-,34-32-,40-38-. The number of hydrogen-bond acceptors (Lipinski definition) is 11. The van der Waals surface area contributed by atoms with E-state index in [0.717, 1.165) is 70.6 Å². The highest BCUT2D eigenvalue weighted by Crippen LogP contribution is 2.47. The van der Waals surface area contributed by atoms with Crippen molar-refractivity contribution in [1.82, 2.24) is 0 Å². The zero-order chi connectivity index (χ0) is 52.6. The van der Waals surface area contributed by atoms with E-state index >= 15 is 0 Å². The minimum Gasteiger partial charge on any atom is -0.457 e. The SMILES string of the molecule is CC/C=C\C/C=C\C/C=C\C/C=C\C/C=C\C/C=C\CCCCC(=O)OC(COCCCCCCCCCCCCCCCCCCCCCCCCCC)COP(=O)(O)OC1C(O)C(O)C(O)C(O)C1O. The molecule has 6 atom stereocenters. The van der Waals surface area contributed by atoms with Crippen molar-refractivity contribution in [2.75, 3.05) is 19.8 Å². The molecule has 0 aromatic carbocycles. The van der Waals surface area contributed by atoms with Crippen LogP contribution in [0.2, 0.25) is 0 Å². The molecule has 6 unspecified atom stereocenters. The maximum atomic E-state index is 12.9. The molecule has 6 N–H and O–H groups in total. The van der Waals surface area contributed by atoms with Crippen LogP contribution in [0.4, 0.5) is 0 Å². The smallest absolute Gasteiger partial charge is 0.457 e. The maximum absolute atomic E-state index is 12.9. The Labute approximate surface area is 438 Å². The Morgan fingerprint density at radius 3 is 1.22 bits per heavy atom. The van der Waals surface area contributed by atoms with Gasteiger partial charge in [0.1, 0.15) is 42.7 Å². The Kier molecular flexibility index (Phi) is 45.6. The zero-order valence-electron chi connectivity index (χ0n) is 45.2. The lowest BCUT2D eigenvalue weighted by Gasteiger charge is -2.41. The quantitative estimate of drug-likeness (QED) is 0.0146. The van der Waals surface area contributed by atoms with Crippen molar-refractivity contribution in [3.05, 3.63) is 72.9 Å². The van der Waals surface area contributed by atoms with E-state index in [9.17, 15) is 39.8 Å². The highest BCUT2D eigenvalue weighted by molar-refractivity contribution is 7.47. The van der Waals surface area contributed by atoms with Gasteiger partial charge in [-0.25, -0.2) is 4.57 Å². The fourth-order valence-corrected chi connectivity index (χ4v) is 9.57. The summed E-state index contributed by atoms with van der Waals surface area (Å²) in [6.45, 7) is 4.14. The molecule has 0 aromatic rings. The van der Waals surface area contributed by atoms with Crippen LogP contribution in [-0.2, 0) is 27.9 Å². The van der Waals surface area contributed by atoms with Gasteiger partial charge in [0.25, 0.3) is 0 Å². The lowest BCUT2D eigenvalue weighted by Crippen LogP contribution is -2.64. The summed E-state index contributed by atoms with van der Waals surface area (Å²) in [5, 5.41) is 50.4. The Morgan fingerprint density at radius 2 is 0.819 bits per heavy atom. The van der Waals surface area contributed by atoms with Crippen LogP contribution in [0.5, 0.6) is 0 Å². The van der Waals surface area contributed by atoms with Crippen molar-refractivity contribution in [2.45, 2.75) is 275 Å². The van der Waals surface area contributed by atoms with Gasteiger partial charge < -0.3 is 39.9 Å². The van der Waals surface area contributed by atoms with E-state index in [-0.39, 0.29) is 13.0 Å². The Hall–Kier alpha value is -2.22. The summed E-state index contributed by atoms with van der Waals surface area (Å²) in [6.07, 6.45) is 52.7. The summed E-state index contributed by atoms with van der Waals surface area (Å²) in [6, 6.07) is 0. The number of aliphatic hydroxyl groups excluding tert-OH is 5. The summed E-state index contributed by atoms with van der Waals surface area (Å²) in [7, 11) is -5.04. The van der Waals surface area contributed by atoms with Crippen molar-refractivity contribution < 1.29 is 58.3 Å². The van der Waals surface area contributed by atoms with Gasteiger partial charge in [0.2, 0.25) is 0 Å². The first-order chi connectivity index (χ1) is 35.0. The van der Waals surface area contributed by atoms with Crippen molar-refractivity contribution in [2.24, 2.45) is 0 Å². The Bertz CT molecular complexity index is 1460. The summed E-state index contributed by atoms with van der Waals surface area (Å²) >= 11 is 0. The molecule has 0 bridgehead atoms. The van der Waals surface area contributed by atoms with Gasteiger partial charge in [-0.1, -0.05) is 234 Å². The van der Waals surface area contributed by atoms with Crippen molar-refractivity contribution in [1.29, 1.82) is 0 Å².